The summed E-state index contributed by atoms with van der Waals surface area (Å²) in [6, 6.07) is 0. The van der Waals surface area contributed by atoms with Crippen molar-refractivity contribution < 1.29 is 14.6 Å². The summed E-state index contributed by atoms with van der Waals surface area (Å²) < 4.78 is 10.9. The molecule has 1 N–H and O–H groups in total. The fraction of sp³-hybridized carbons (Fsp3) is 1.00. The van der Waals surface area contributed by atoms with Crippen LogP contribution in [-0.2, 0) is 9.47 Å². The van der Waals surface area contributed by atoms with Gasteiger partial charge in [-0.25, -0.2) is 0 Å². The molecule has 0 spiro atoms. The molecule has 0 amide bonds. The smallest absolute Gasteiger partial charge is 0.170 e. The van der Waals surface area contributed by atoms with Crippen LogP contribution in [0.15, 0.2) is 0 Å². The minimum absolute atomic E-state index is 0.152. The van der Waals surface area contributed by atoms with Crippen molar-refractivity contribution in [3.05, 3.63) is 0 Å². The predicted molar refractivity (Wildman–Crippen MR) is 63.3 cm³/mol. The molecule has 0 aromatic carbocycles. The molecule has 0 aliphatic carbocycles. The van der Waals surface area contributed by atoms with Crippen LogP contribution in [0, 0.1) is 0 Å². The predicted octanol–water partition coefficient (Wildman–Crippen LogP) is 1.23. The quantitative estimate of drug-likeness (QED) is 0.638. The lowest BCUT2D eigenvalue weighted by Crippen LogP contribution is -2.63. The number of hydrogen-bond acceptors (Lipinski definition) is 4. The monoisotopic (exact) mass is 231 g/mol. The standard InChI is InChI=1S/C12H25NO3/c1-4-7-12(14)9-13(10-12)8-11(15-5-2)16-6-3/h11,14H,4-10H2,1-3H3. The van der Waals surface area contributed by atoms with E-state index in [4.69, 9.17) is 9.47 Å². The topological polar surface area (TPSA) is 41.9 Å². The number of hydrogen-bond donors (Lipinski definition) is 1. The first-order valence-corrected chi connectivity index (χ1v) is 6.31. The van der Waals surface area contributed by atoms with Crippen molar-refractivity contribution in [1.82, 2.24) is 4.90 Å². The summed E-state index contributed by atoms with van der Waals surface area (Å²) in [5.41, 5.74) is -0.461. The molecule has 0 bridgehead atoms. The maximum absolute atomic E-state index is 10.0. The largest absolute Gasteiger partial charge is 0.387 e. The lowest BCUT2D eigenvalue weighted by molar-refractivity contribution is -0.179. The highest BCUT2D eigenvalue weighted by molar-refractivity contribution is 4.95. The highest BCUT2D eigenvalue weighted by Gasteiger charge is 2.40. The van der Waals surface area contributed by atoms with Crippen molar-refractivity contribution in [2.24, 2.45) is 0 Å². The Morgan fingerprint density at radius 3 is 2.19 bits per heavy atom. The van der Waals surface area contributed by atoms with Crippen molar-refractivity contribution in [2.45, 2.75) is 45.5 Å². The van der Waals surface area contributed by atoms with Gasteiger partial charge in [0.1, 0.15) is 0 Å². The number of nitrogens with zero attached hydrogens (tertiary/aromatic N) is 1. The summed E-state index contributed by atoms with van der Waals surface area (Å²) in [4.78, 5) is 2.19. The van der Waals surface area contributed by atoms with Gasteiger partial charge in [-0.15, -0.1) is 0 Å². The van der Waals surface area contributed by atoms with E-state index < -0.39 is 5.60 Å². The van der Waals surface area contributed by atoms with Crippen LogP contribution in [0.5, 0.6) is 0 Å². The number of ether oxygens (including phenoxy) is 2. The van der Waals surface area contributed by atoms with Gasteiger partial charge in [0.05, 0.1) is 5.60 Å². The molecule has 0 aromatic heterocycles. The van der Waals surface area contributed by atoms with Gasteiger partial charge in [0, 0.05) is 32.8 Å². The molecule has 1 saturated heterocycles. The first-order chi connectivity index (χ1) is 7.63. The Kier molecular flexibility index (Phi) is 5.69. The second-order valence-electron chi connectivity index (χ2n) is 4.48. The molecule has 1 rings (SSSR count). The molecular formula is C12H25NO3. The van der Waals surface area contributed by atoms with E-state index in [0.29, 0.717) is 13.2 Å². The van der Waals surface area contributed by atoms with E-state index in [9.17, 15) is 5.11 Å². The second-order valence-corrected chi connectivity index (χ2v) is 4.48. The Hall–Kier alpha value is -0.160. The first kappa shape index (κ1) is 13.9. The van der Waals surface area contributed by atoms with Crippen LogP contribution in [0.1, 0.15) is 33.6 Å². The molecule has 4 heteroatoms. The highest BCUT2D eigenvalue weighted by atomic mass is 16.7. The first-order valence-electron chi connectivity index (χ1n) is 6.31. The van der Waals surface area contributed by atoms with Gasteiger partial charge in [-0.05, 0) is 20.3 Å². The van der Waals surface area contributed by atoms with Crippen LogP contribution in [0.2, 0.25) is 0 Å². The Morgan fingerprint density at radius 1 is 1.19 bits per heavy atom. The van der Waals surface area contributed by atoms with Gasteiger partial charge in [0.25, 0.3) is 0 Å². The van der Waals surface area contributed by atoms with Crippen LogP contribution >= 0.6 is 0 Å². The van der Waals surface area contributed by atoms with Gasteiger partial charge in [0.2, 0.25) is 0 Å². The summed E-state index contributed by atoms with van der Waals surface area (Å²) in [6.45, 7) is 9.62. The Balaban J connectivity index is 2.23. The molecule has 1 heterocycles. The van der Waals surface area contributed by atoms with E-state index in [1.165, 1.54) is 0 Å². The zero-order valence-electron chi connectivity index (χ0n) is 10.7. The molecule has 1 fully saturated rings. The fourth-order valence-electron chi connectivity index (χ4n) is 2.27. The Labute approximate surface area is 98.5 Å². The van der Waals surface area contributed by atoms with Crippen molar-refractivity contribution in [2.75, 3.05) is 32.8 Å². The molecule has 96 valence electrons. The van der Waals surface area contributed by atoms with Gasteiger partial charge >= 0.3 is 0 Å². The third-order valence-corrected chi connectivity index (χ3v) is 2.86. The molecular weight excluding hydrogens is 206 g/mol. The number of likely N-dealkylation sites (tertiary alicyclic amines) is 1. The lowest BCUT2D eigenvalue weighted by atomic mass is 9.89. The highest BCUT2D eigenvalue weighted by Crippen LogP contribution is 2.25. The Morgan fingerprint density at radius 2 is 1.75 bits per heavy atom. The zero-order valence-corrected chi connectivity index (χ0v) is 10.7. The van der Waals surface area contributed by atoms with E-state index in [2.05, 4.69) is 11.8 Å². The summed E-state index contributed by atoms with van der Waals surface area (Å²) in [5.74, 6) is 0. The van der Waals surface area contributed by atoms with Crippen LogP contribution in [0.25, 0.3) is 0 Å². The van der Waals surface area contributed by atoms with Gasteiger partial charge in [0.15, 0.2) is 6.29 Å². The second kappa shape index (κ2) is 6.55. The summed E-state index contributed by atoms with van der Waals surface area (Å²) in [5, 5.41) is 10.0. The zero-order chi connectivity index (χ0) is 12.0. The third kappa shape index (κ3) is 4.01. The molecule has 0 unspecified atom stereocenters. The Bertz CT molecular complexity index is 187. The third-order valence-electron chi connectivity index (χ3n) is 2.86. The van der Waals surface area contributed by atoms with Crippen LogP contribution in [0.4, 0.5) is 0 Å². The molecule has 0 radical (unpaired) electrons. The molecule has 1 aliphatic heterocycles. The van der Waals surface area contributed by atoms with Crippen LogP contribution in [0.3, 0.4) is 0 Å². The van der Waals surface area contributed by atoms with Gasteiger partial charge in [-0.1, -0.05) is 13.3 Å². The maximum Gasteiger partial charge on any atom is 0.170 e. The van der Waals surface area contributed by atoms with E-state index in [1.807, 2.05) is 13.8 Å². The van der Waals surface area contributed by atoms with Crippen molar-refractivity contribution in [1.29, 1.82) is 0 Å². The molecule has 4 nitrogen and oxygen atoms in total. The minimum Gasteiger partial charge on any atom is -0.387 e. The molecule has 0 atom stereocenters. The molecule has 0 saturated carbocycles. The maximum atomic E-state index is 10.0. The van der Waals surface area contributed by atoms with Crippen LogP contribution < -0.4 is 0 Å². The van der Waals surface area contributed by atoms with Crippen molar-refractivity contribution in [3.63, 3.8) is 0 Å². The summed E-state index contributed by atoms with van der Waals surface area (Å²) in [6.07, 6.45) is 1.77. The minimum atomic E-state index is -0.461. The SMILES string of the molecule is CCCC1(O)CN(CC(OCC)OCC)C1. The average molecular weight is 231 g/mol. The van der Waals surface area contributed by atoms with E-state index in [0.717, 1.165) is 32.5 Å². The molecule has 0 aromatic rings. The van der Waals surface area contributed by atoms with Gasteiger partial charge < -0.3 is 14.6 Å². The summed E-state index contributed by atoms with van der Waals surface area (Å²) >= 11 is 0. The molecule has 16 heavy (non-hydrogen) atoms. The number of aliphatic hydroxyl groups is 1. The fourth-order valence-corrected chi connectivity index (χ4v) is 2.27. The average Bonchev–Trinajstić information content (AvgIpc) is 2.16. The number of rotatable bonds is 8. The number of β-amino-alcohol motifs (C(OH)–C–C–N with tert-alkyl or cyclic N) is 1. The van der Waals surface area contributed by atoms with Crippen LogP contribution in [-0.4, -0.2) is 54.7 Å². The van der Waals surface area contributed by atoms with Gasteiger partial charge in [-0.2, -0.15) is 0 Å². The van der Waals surface area contributed by atoms with E-state index in [1.54, 1.807) is 0 Å². The molecule has 1 aliphatic rings. The van der Waals surface area contributed by atoms with Crippen molar-refractivity contribution in [3.8, 4) is 0 Å². The summed E-state index contributed by atoms with van der Waals surface area (Å²) in [7, 11) is 0. The van der Waals surface area contributed by atoms with Crippen molar-refractivity contribution >= 4 is 0 Å². The van der Waals surface area contributed by atoms with E-state index >= 15 is 0 Å². The van der Waals surface area contributed by atoms with Gasteiger partial charge in [-0.3, -0.25) is 4.90 Å². The van der Waals surface area contributed by atoms with E-state index in [-0.39, 0.29) is 6.29 Å². The normalized spacial score (nSPS) is 20.1. The lowest BCUT2D eigenvalue weighted by Gasteiger charge is -2.47.